The minimum atomic E-state index is 0.264. The Hall–Kier alpha value is -0.900. The summed E-state index contributed by atoms with van der Waals surface area (Å²) in [5.74, 6) is 0. The van der Waals surface area contributed by atoms with E-state index in [9.17, 15) is 0 Å². The summed E-state index contributed by atoms with van der Waals surface area (Å²) in [4.78, 5) is 0. The van der Waals surface area contributed by atoms with Crippen LogP contribution in [0.15, 0.2) is 6.20 Å². The van der Waals surface area contributed by atoms with Gasteiger partial charge in [-0.3, -0.25) is 4.68 Å². The number of aryl methyl sites for hydroxylation is 2. The third-order valence-electron chi connectivity index (χ3n) is 1.49. The van der Waals surface area contributed by atoms with E-state index in [2.05, 4.69) is 10.3 Å². The highest BCUT2D eigenvalue weighted by molar-refractivity contribution is 4.91. The van der Waals surface area contributed by atoms with Gasteiger partial charge in [-0.15, -0.1) is 5.10 Å². The Kier molecular flexibility index (Phi) is 3.04. The molecule has 1 aromatic rings. The van der Waals surface area contributed by atoms with Crippen LogP contribution < -0.4 is 0 Å². The third kappa shape index (κ3) is 2.67. The number of aliphatic hydroxyl groups excluding tert-OH is 1. The molecule has 11 heavy (non-hydrogen) atoms. The van der Waals surface area contributed by atoms with E-state index in [1.165, 1.54) is 0 Å². The van der Waals surface area contributed by atoms with Gasteiger partial charge in [0.25, 0.3) is 0 Å². The number of aromatic nitrogens is 3. The summed E-state index contributed by atoms with van der Waals surface area (Å²) >= 11 is 0. The Balaban J connectivity index is 2.27. The molecule has 62 valence electrons. The molecule has 0 atom stereocenters. The maximum atomic E-state index is 8.51. The molecule has 0 unspecified atom stereocenters. The zero-order chi connectivity index (χ0) is 8.10. The molecule has 0 aliphatic carbocycles. The van der Waals surface area contributed by atoms with Gasteiger partial charge >= 0.3 is 0 Å². The van der Waals surface area contributed by atoms with E-state index < -0.39 is 0 Å². The van der Waals surface area contributed by atoms with Gasteiger partial charge in [0.15, 0.2) is 0 Å². The van der Waals surface area contributed by atoms with Gasteiger partial charge < -0.3 is 5.11 Å². The summed E-state index contributed by atoms with van der Waals surface area (Å²) in [6, 6.07) is 0. The average molecular weight is 155 g/mol. The van der Waals surface area contributed by atoms with E-state index >= 15 is 0 Å². The number of nitrogens with zero attached hydrogens (tertiary/aromatic N) is 3. The molecule has 1 heterocycles. The smallest absolute Gasteiger partial charge is 0.0827 e. The standard InChI is InChI=1S/C7H13N3O/c1-10-6-7(8-9-10)4-2-3-5-11/h6,11H,2-5H2,1H3. The molecule has 4 nitrogen and oxygen atoms in total. The summed E-state index contributed by atoms with van der Waals surface area (Å²) in [7, 11) is 1.85. The molecule has 0 aliphatic heterocycles. The maximum absolute atomic E-state index is 8.51. The minimum absolute atomic E-state index is 0.264. The van der Waals surface area contributed by atoms with Crippen molar-refractivity contribution >= 4 is 0 Å². The number of aliphatic hydroxyl groups is 1. The lowest BCUT2D eigenvalue weighted by Crippen LogP contribution is -1.88. The van der Waals surface area contributed by atoms with E-state index in [0.29, 0.717) is 0 Å². The van der Waals surface area contributed by atoms with Crippen LogP contribution >= 0.6 is 0 Å². The van der Waals surface area contributed by atoms with Crippen LogP contribution in [0.5, 0.6) is 0 Å². The molecule has 1 N–H and O–H groups in total. The molecule has 0 aromatic carbocycles. The molecule has 0 amide bonds. The fourth-order valence-corrected chi connectivity index (χ4v) is 0.928. The number of unbranched alkanes of at least 4 members (excludes halogenated alkanes) is 1. The van der Waals surface area contributed by atoms with Gasteiger partial charge in [-0.2, -0.15) is 0 Å². The van der Waals surface area contributed by atoms with E-state index in [-0.39, 0.29) is 6.61 Å². The summed E-state index contributed by atoms with van der Waals surface area (Å²) in [5.41, 5.74) is 1.00. The van der Waals surface area contributed by atoms with Gasteiger partial charge in [0.05, 0.1) is 5.69 Å². The topological polar surface area (TPSA) is 50.9 Å². The van der Waals surface area contributed by atoms with E-state index in [0.717, 1.165) is 25.0 Å². The largest absolute Gasteiger partial charge is 0.396 e. The highest BCUT2D eigenvalue weighted by Crippen LogP contribution is 1.98. The maximum Gasteiger partial charge on any atom is 0.0827 e. The van der Waals surface area contributed by atoms with Crippen molar-refractivity contribution in [3.63, 3.8) is 0 Å². The van der Waals surface area contributed by atoms with Crippen molar-refractivity contribution in [3.8, 4) is 0 Å². The van der Waals surface area contributed by atoms with Crippen LogP contribution in [0.2, 0.25) is 0 Å². The average Bonchev–Trinajstić information content (AvgIpc) is 2.37. The monoisotopic (exact) mass is 155 g/mol. The number of hydrogen-bond donors (Lipinski definition) is 1. The second-order valence-corrected chi connectivity index (χ2v) is 2.56. The van der Waals surface area contributed by atoms with Gasteiger partial charge in [0.1, 0.15) is 0 Å². The predicted octanol–water partition coefficient (Wildman–Crippen LogP) is 0.130. The van der Waals surface area contributed by atoms with Crippen LogP contribution in [0.3, 0.4) is 0 Å². The van der Waals surface area contributed by atoms with E-state index in [1.54, 1.807) is 4.68 Å². The second kappa shape index (κ2) is 4.08. The molecule has 0 fully saturated rings. The predicted molar refractivity (Wildman–Crippen MR) is 41.0 cm³/mol. The van der Waals surface area contributed by atoms with Crippen molar-refractivity contribution in [3.05, 3.63) is 11.9 Å². The first kappa shape index (κ1) is 8.20. The minimum Gasteiger partial charge on any atom is -0.396 e. The summed E-state index contributed by atoms with van der Waals surface area (Å²) in [5, 5.41) is 16.2. The zero-order valence-electron chi connectivity index (χ0n) is 6.69. The SMILES string of the molecule is Cn1cc(CCCCO)nn1. The van der Waals surface area contributed by atoms with Gasteiger partial charge in [0, 0.05) is 19.9 Å². The van der Waals surface area contributed by atoms with Crippen molar-refractivity contribution < 1.29 is 5.11 Å². The molecule has 0 radical (unpaired) electrons. The normalized spacial score (nSPS) is 10.4. The fraction of sp³-hybridized carbons (Fsp3) is 0.714. The van der Waals surface area contributed by atoms with Gasteiger partial charge in [-0.25, -0.2) is 0 Å². The van der Waals surface area contributed by atoms with Crippen molar-refractivity contribution in [2.45, 2.75) is 19.3 Å². The first-order chi connectivity index (χ1) is 5.33. The Morgan fingerprint density at radius 3 is 2.91 bits per heavy atom. The van der Waals surface area contributed by atoms with Crippen molar-refractivity contribution in [1.82, 2.24) is 15.0 Å². The highest BCUT2D eigenvalue weighted by Gasteiger charge is 1.96. The van der Waals surface area contributed by atoms with Crippen LogP contribution in [0.25, 0.3) is 0 Å². The van der Waals surface area contributed by atoms with Crippen molar-refractivity contribution in [2.75, 3.05) is 6.61 Å². The Bertz CT molecular complexity index is 209. The molecule has 4 heteroatoms. The number of rotatable bonds is 4. The van der Waals surface area contributed by atoms with Crippen molar-refractivity contribution in [2.24, 2.45) is 7.05 Å². The molecule has 0 saturated carbocycles. The molecule has 1 rings (SSSR count). The zero-order valence-corrected chi connectivity index (χ0v) is 6.69. The lowest BCUT2D eigenvalue weighted by atomic mass is 10.2. The lowest BCUT2D eigenvalue weighted by Gasteiger charge is -1.91. The Morgan fingerprint density at radius 2 is 2.36 bits per heavy atom. The van der Waals surface area contributed by atoms with Crippen molar-refractivity contribution in [1.29, 1.82) is 0 Å². The summed E-state index contributed by atoms with van der Waals surface area (Å²) < 4.78 is 1.69. The first-order valence-electron chi connectivity index (χ1n) is 3.79. The van der Waals surface area contributed by atoms with Crippen LogP contribution in [0.4, 0.5) is 0 Å². The van der Waals surface area contributed by atoms with E-state index in [4.69, 9.17) is 5.11 Å². The quantitative estimate of drug-likeness (QED) is 0.629. The lowest BCUT2D eigenvalue weighted by molar-refractivity contribution is 0.284. The Morgan fingerprint density at radius 1 is 1.55 bits per heavy atom. The van der Waals surface area contributed by atoms with Gasteiger partial charge in [0.2, 0.25) is 0 Å². The van der Waals surface area contributed by atoms with Gasteiger partial charge in [-0.1, -0.05) is 5.21 Å². The first-order valence-corrected chi connectivity index (χ1v) is 3.79. The summed E-state index contributed by atoms with van der Waals surface area (Å²) in [6.45, 7) is 0.264. The van der Waals surface area contributed by atoms with Crippen LogP contribution in [-0.4, -0.2) is 26.7 Å². The van der Waals surface area contributed by atoms with Crippen LogP contribution in [-0.2, 0) is 13.5 Å². The second-order valence-electron chi connectivity index (χ2n) is 2.56. The molecule has 0 bridgehead atoms. The van der Waals surface area contributed by atoms with Crippen LogP contribution in [0.1, 0.15) is 18.5 Å². The number of hydrogen-bond acceptors (Lipinski definition) is 3. The molecule has 1 aromatic heterocycles. The molecule has 0 saturated heterocycles. The highest BCUT2D eigenvalue weighted by atomic mass is 16.2. The van der Waals surface area contributed by atoms with E-state index in [1.807, 2.05) is 13.2 Å². The third-order valence-corrected chi connectivity index (χ3v) is 1.49. The molecular formula is C7H13N3O. The summed E-state index contributed by atoms with van der Waals surface area (Å²) in [6.07, 6.45) is 4.64. The molecule has 0 spiro atoms. The van der Waals surface area contributed by atoms with Gasteiger partial charge in [-0.05, 0) is 19.3 Å². The molecule has 0 aliphatic rings. The van der Waals surface area contributed by atoms with Crippen LogP contribution in [0, 0.1) is 0 Å². The molecular weight excluding hydrogens is 142 g/mol. The Labute approximate surface area is 65.8 Å². The fourth-order valence-electron chi connectivity index (χ4n) is 0.928.